The second-order valence-electron chi connectivity index (χ2n) is 7.06. The molecule has 5 nitrogen and oxygen atoms in total. The standard InChI is InChI=1S/C22H28N2O3/c1-17(2)18-7-6-8-19(15-18)27-16-22(25)24-13-11-23(12-14-24)20-9-4-5-10-21(20)26-3/h4-10,15,17H,11-14,16H2,1-3H3. The fourth-order valence-corrected chi connectivity index (χ4v) is 3.29. The summed E-state index contributed by atoms with van der Waals surface area (Å²) in [6.07, 6.45) is 0. The number of methoxy groups -OCH3 is 1. The molecule has 1 aliphatic heterocycles. The summed E-state index contributed by atoms with van der Waals surface area (Å²) in [7, 11) is 1.68. The van der Waals surface area contributed by atoms with Gasteiger partial charge in [-0.3, -0.25) is 4.79 Å². The topological polar surface area (TPSA) is 42.0 Å². The third kappa shape index (κ3) is 4.73. The van der Waals surface area contributed by atoms with Crippen LogP contribution in [0, 0.1) is 0 Å². The molecule has 3 rings (SSSR count). The third-order valence-corrected chi connectivity index (χ3v) is 4.95. The number of hydrogen-bond donors (Lipinski definition) is 0. The fraction of sp³-hybridized carbons (Fsp3) is 0.409. The summed E-state index contributed by atoms with van der Waals surface area (Å²) >= 11 is 0. The summed E-state index contributed by atoms with van der Waals surface area (Å²) in [5.41, 5.74) is 2.29. The molecule has 1 aliphatic rings. The SMILES string of the molecule is COc1ccccc1N1CCN(C(=O)COc2cccc(C(C)C)c2)CC1. The van der Waals surface area contributed by atoms with Crippen molar-refractivity contribution in [1.29, 1.82) is 0 Å². The average molecular weight is 368 g/mol. The number of hydrogen-bond acceptors (Lipinski definition) is 4. The van der Waals surface area contributed by atoms with Crippen LogP contribution in [0.1, 0.15) is 25.3 Å². The number of carbonyl (C=O) groups excluding carboxylic acids is 1. The summed E-state index contributed by atoms with van der Waals surface area (Å²) in [6.45, 7) is 7.32. The maximum absolute atomic E-state index is 12.5. The first-order valence-electron chi connectivity index (χ1n) is 9.47. The van der Waals surface area contributed by atoms with Gasteiger partial charge in [-0.1, -0.05) is 38.1 Å². The van der Waals surface area contributed by atoms with E-state index in [1.54, 1.807) is 7.11 Å². The number of amides is 1. The van der Waals surface area contributed by atoms with Crippen LogP contribution in [-0.2, 0) is 4.79 Å². The van der Waals surface area contributed by atoms with Crippen molar-refractivity contribution in [1.82, 2.24) is 4.90 Å². The van der Waals surface area contributed by atoms with Crippen LogP contribution in [0.25, 0.3) is 0 Å². The van der Waals surface area contributed by atoms with Gasteiger partial charge in [0.1, 0.15) is 11.5 Å². The first-order chi connectivity index (χ1) is 13.1. The van der Waals surface area contributed by atoms with Crippen LogP contribution in [0.5, 0.6) is 11.5 Å². The van der Waals surface area contributed by atoms with Gasteiger partial charge in [-0.25, -0.2) is 0 Å². The van der Waals surface area contributed by atoms with Gasteiger partial charge in [0.2, 0.25) is 0 Å². The Morgan fingerprint density at radius 2 is 1.78 bits per heavy atom. The summed E-state index contributed by atoms with van der Waals surface area (Å²) in [6, 6.07) is 16.0. The van der Waals surface area contributed by atoms with Gasteiger partial charge in [-0.05, 0) is 35.7 Å². The zero-order valence-electron chi connectivity index (χ0n) is 16.4. The Bertz CT molecular complexity index is 768. The normalized spacial score (nSPS) is 14.4. The maximum Gasteiger partial charge on any atom is 0.260 e. The highest BCUT2D eigenvalue weighted by Crippen LogP contribution is 2.28. The number of benzene rings is 2. The number of para-hydroxylation sites is 2. The molecule has 0 saturated carbocycles. The molecule has 0 unspecified atom stereocenters. The minimum absolute atomic E-state index is 0.0321. The molecule has 0 bridgehead atoms. The van der Waals surface area contributed by atoms with Gasteiger partial charge in [0.25, 0.3) is 5.91 Å². The molecule has 0 aliphatic carbocycles. The summed E-state index contributed by atoms with van der Waals surface area (Å²) in [5, 5.41) is 0. The lowest BCUT2D eigenvalue weighted by Gasteiger charge is -2.36. The predicted octanol–water partition coefficient (Wildman–Crippen LogP) is 3.55. The highest BCUT2D eigenvalue weighted by atomic mass is 16.5. The number of ether oxygens (including phenoxy) is 2. The summed E-state index contributed by atoms with van der Waals surface area (Å²) in [4.78, 5) is 16.6. The quantitative estimate of drug-likeness (QED) is 0.782. The highest BCUT2D eigenvalue weighted by Gasteiger charge is 2.23. The van der Waals surface area contributed by atoms with Crippen LogP contribution in [0.15, 0.2) is 48.5 Å². The number of rotatable bonds is 6. The molecule has 0 aromatic heterocycles. The number of carbonyl (C=O) groups is 1. The predicted molar refractivity (Wildman–Crippen MR) is 108 cm³/mol. The van der Waals surface area contributed by atoms with E-state index in [1.807, 2.05) is 41.3 Å². The number of piperazine rings is 1. The molecule has 0 atom stereocenters. The fourth-order valence-electron chi connectivity index (χ4n) is 3.29. The van der Waals surface area contributed by atoms with Gasteiger partial charge in [-0.2, -0.15) is 0 Å². The molecule has 1 fully saturated rings. The lowest BCUT2D eigenvalue weighted by molar-refractivity contribution is -0.133. The second kappa shape index (κ2) is 8.80. The molecule has 1 heterocycles. The van der Waals surface area contributed by atoms with Gasteiger partial charge >= 0.3 is 0 Å². The van der Waals surface area contributed by atoms with Crippen molar-refractivity contribution in [3.63, 3.8) is 0 Å². The minimum atomic E-state index is 0.0321. The Balaban J connectivity index is 1.52. The smallest absolute Gasteiger partial charge is 0.260 e. The highest BCUT2D eigenvalue weighted by molar-refractivity contribution is 5.78. The molecule has 1 saturated heterocycles. The van der Waals surface area contributed by atoms with E-state index in [0.717, 1.165) is 30.3 Å². The van der Waals surface area contributed by atoms with Gasteiger partial charge in [0.15, 0.2) is 6.61 Å². The molecule has 0 radical (unpaired) electrons. The summed E-state index contributed by atoms with van der Waals surface area (Å²) < 4.78 is 11.2. The van der Waals surface area contributed by atoms with Gasteiger partial charge in [0, 0.05) is 26.2 Å². The first kappa shape index (κ1) is 19.1. The van der Waals surface area contributed by atoms with Crippen LogP contribution in [0.4, 0.5) is 5.69 Å². The Kier molecular flexibility index (Phi) is 6.22. The van der Waals surface area contributed by atoms with E-state index in [1.165, 1.54) is 5.56 Å². The Morgan fingerprint density at radius 1 is 1.04 bits per heavy atom. The van der Waals surface area contributed by atoms with E-state index in [4.69, 9.17) is 9.47 Å². The van der Waals surface area contributed by atoms with Crippen LogP contribution in [-0.4, -0.2) is 50.7 Å². The molecule has 2 aromatic carbocycles. The van der Waals surface area contributed by atoms with E-state index < -0.39 is 0 Å². The average Bonchev–Trinajstić information content (AvgIpc) is 2.72. The molecule has 1 amide bonds. The number of nitrogens with zero attached hydrogens (tertiary/aromatic N) is 2. The van der Waals surface area contributed by atoms with Crippen molar-refractivity contribution in [3.8, 4) is 11.5 Å². The molecule has 0 spiro atoms. The molecule has 5 heteroatoms. The molecular formula is C22H28N2O3. The van der Waals surface area contributed by atoms with Crippen molar-refractivity contribution < 1.29 is 14.3 Å². The second-order valence-corrected chi connectivity index (χ2v) is 7.06. The molecular weight excluding hydrogens is 340 g/mol. The Labute approximate surface area is 161 Å². The van der Waals surface area contributed by atoms with Gasteiger partial charge in [0.05, 0.1) is 12.8 Å². The maximum atomic E-state index is 12.5. The zero-order chi connectivity index (χ0) is 19.2. The Hall–Kier alpha value is -2.69. The molecule has 144 valence electrons. The van der Waals surface area contributed by atoms with Crippen LogP contribution >= 0.6 is 0 Å². The van der Waals surface area contributed by atoms with E-state index in [0.29, 0.717) is 19.0 Å². The number of anilines is 1. The largest absolute Gasteiger partial charge is 0.495 e. The molecule has 0 N–H and O–H groups in total. The zero-order valence-corrected chi connectivity index (χ0v) is 16.4. The molecule has 2 aromatic rings. The van der Waals surface area contributed by atoms with Gasteiger partial charge in [-0.15, -0.1) is 0 Å². The lowest BCUT2D eigenvalue weighted by Crippen LogP contribution is -2.50. The van der Waals surface area contributed by atoms with Crippen molar-refractivity contribution in [2.75, 3.05) is 44.8 Å². The Morgan fingerprint density at radius 3 is 2.48 bits per heavy atom. The lowest BCUT2D eigenvalue weighted by atomic mass is 10.0. The van der Waals surface area contributed by atoms with Crippen LogP contribution < -0.4 is 14.4 Å². The monoisotopic (exact) mass is 368 g/mol. The van der Waals surface area contributed by atoms with Crippen molar-refractivity contribution in [3.05, 3.63) is 54.1 Å². The summed E-state index contributed by atoms with van der Waals surface area (Å²) in [5.74, 6) is 2.09. The van der Waals surface area contributed by atoms with E-state index >= 15 is 0 Å². The van der Waals surface area contributed by atoms with E-state index in [2.05, 4.69) is 30.9 Å². The minimum Gasteiger partial charge on any atom is -0.495 e. The van der Waals surface area contributed by atoms with Crippen molar-refractivity contribution in [2.24, 2.45) is 0 Å². The van der Waals surface area contributed by atoms with E-state index in [-0.39, 0.29) is 12.5 Å². The van der Waals surface area contributed by atoms with Gasteiger partial charge < -0.3 is 19.3 Å². The van der Waals surface area contributed by atoms with Crippen LogP contribution in [0.3, 0.4) is 0 Å². The van der Waals surface area contributed by atoms with E-state index in [9.17, 15) is 4.79 Å². The van der Waals surface area contributed by atoms with Crippen molar-refractivity contribution >= 4 is 11.6 Å². The van der Waals surface area contributed by atoms with Crippen molar-refractivity contribution in [2.45, 2.75) is 19.8 Å². The first-order valence-corrected chi connectivity index (χ1v) is 9.47. The van der Waals surface area contributed by atoms with Crippen LogP contribution in [0.2, 0.25) is 0 Å². The third-order valence-electron chi connectivity index (χ3n) is 4.95. The molecule has 27 heavy (non-hydrogen) atoms.